The van der Waals surface area contributed by atoms with Gasteiger partial charge in [-0.2, -0.15) is 21.6 Å². The molecule has 270 valence electrons. The maximum absolute atomic E-state index is 14.0. The SMILES string of the molecule is CC(C)(C)/C=C/c1ccc(C(Cc2ccc(C(=O)NCCS(=O)(=O)O)cc2)C(=O)Nc2ccc(-c3ccc(Cl)cc3Cl)cc2CC(F)(F)F)cc1. The van der Waals surface area contributed by atoms with Gasteiger partial charge in [-0.3, -0.25) is 14.1 Å². The van der Waals surface area contributed by atoms with Crippen molar-refractivity contribution in [3.8, 4) is 11.1 Å². The number of allylic oxidation sites excluding steroid dienone is 1. The fraction of sp³-hybridized carbons (Fsp3) is 0.263. The predicted molar refractivity (Wildman–Crippen MR) is 197 cm³/mol. The van der Waals surface area contributed by atoms with E-state index in [1.807, 2.05) is 18.2 Å². The van der Waals surface area contributed by atoms with E-state index in [9.17, 15) is 31.2 Å². The van der Waals surface area contributed by atoms with Crippen LogP contribution in [0.4, 0.5) is 18.9 Å². The zero-order valence-corrected chi connectivity index (χ0v) is 30.4. The van der Waals surface area contributed by atoms with E-state index >= 15 is 0 Å². The van der Waals surface area contributed by atoms with Crippen LogP contribution in [0.3, 0.4) is 0 Å². The van der Waals surface area contributed by atoms with Crippen LogP contribution in [0.2, 0.25) is 10.0 Å². The Labute approximate surface area is 305 Å². The number of nitrogens with one attached hydrogen (secondary N) is 2. The van der Waals surface area contributed by atoms with Gasteiger partial charge in [-0.05, 0) is 76.1 Å². The van der Waals surface area contributed by atoms with E-state index in [2.05, 4.69) is 37.5 Å². The second-order valence-corrected chi connectivity index (χ2v) is 15.6. The van der Waals surface area contributed by atoms with Crippen molar-refractivity contribution in [1.29, 1.82) is 0 Å². The summed E-state index contributed by atoms with van der Waals surface area (Å²) in [6.45, 7) is 5.91. The van der Waals surface area contributed by atoms with Crippen molar-refractivity contribution in [2.45, 2.75) is 45.7 Å². The number of anilines is 1. The highest BCUT2D eigenvalue weighted by Gasteiger charge is 2.30. The third-order valence-electron chi connectivity index (χ3n) is 7.73. The van der Waals surface area contributed by atoms with Gasteiger partial charge in [0, 0.05) is 33.4 Å². The standard InChI is InChI=1S/C38H37Cl2F3N2O5S/c1-37(2,3)17-16-24-4-8-26(9-5-24)32(20-25-6-10-27(11-7-25)35(46)44-18-19-51(48,49)50)36(47)45-34-15-12-28(21-29(34)23-38(41,42)43)31-14-13-30(39)22-33(31)40/h4-17,21-22,32H,18-20,23H2,1-3H3,(H,44,46)(H,45,47)(H,48,49,50)/b17-16+. The van der Waals surface area contributed by atoms with Crippen molar-refractivity contribution in [1.82, 2.24) is 5.32 Å². The first kappa shape index (κ1) is 39.6. The summed E-state index contributed by atoms with van der Waals surface area (Å²) in [5, 5.41) is 5.79. The highest BCUT2D eigenvalue weighted by Crippen LogP contribution is 2.35. The third-order valence-corrected chi connectivity index (χ3v) is 9.00. The molecule has 0 heterocycles. The first-order valence-electron chi connectivity index (χ1n) is 15.8. The number of hydrogen-bond acceptors (Lipinski definition) is 4. The van der Waals surface area contributed by atoms with Gasteiger partial charge < -0.3 is 10.6 Å². The molecule has 0 aromatic heterocycles. The monoisotopic (exact) mass is 760 g/mol. The Morgan fingerprint density at radius 2 is 1.57 bits per heavy atom. The Morgan fingerprint density at radius 1 is 0.902 bits per heavy atom. The van der Waals surface area contributed by atoms with Crippen LogP contribution in [0.5, 0.6) is 0 Å². The normalized spacial score (nSPS) is 12.9. The molecule has 1 atom stereocenters. The molecule has 51 heavy (non-hydrogen) atoms. The van der Waals surface area contributed by atoms with Crippen molar-refractivity contribution in [2.75, 3.05) is 17.6 Å². The van der Waals surface area contributed by atoms with Crippen molar-refractivity contribution in [3.05, 3.63) is 129 Å². The molecular formula is C38H37Cl2F3N2O5S. The lowest BCUT2D eigenvalue weighted by molar-refractivity contribution is -0.127. The number of hydrogen-bond donors (Lipinski definition) is 3. The fourth-order valence-electron chi connectivity index (χ4n) is 5.16. The van der Waals surface area contributed by atoms with Crippen molar-refractivity contribution in [2.24, 2.45) is 5.41 Å². The van der Waals surface area contributed by atoms with Gasteiger partial charge in [-0.25, -0.2) is 0 Å². The molecule has 3 N–H and O–H groups in total. The van der Waals surface area contributed by atoms with Gasteiger partial charge >= 0.3 is 6.18 Å². The highest BCUT2D eigenvalue weighted by molar-refractivity contribution is 7.85. The van der Waals surface area contributed by atoms with Gasteiger partial charge in [0.05, 0.1) is 18.1 Å². The zero-order valence-electron chi connectivity index (χ0n) is 28.0. The smallest absolute Gasteiger partial charge is 0.351 e. The van der Waals surface area contributed by atoms with E-state index in [1.165, 1.54) is 30.3 Å². The van der Waals surface area contributed by atoms with Crippen molar-refractivity contribution in [3.63, 3.8) is 0 Å². The summed E-state index contributed by atoms with van der Waals surface area (Å²) in [7, 11) is -4.24. The first-order chi connectivity index (χ1) is 23.8. The minimum atomic E-state index is -4.57. The van der Waals surface area contributed by atoms with Crippen LogP contribution in [0.15, 0.2) is 91.0 Å². The maximum atomic E-state index is 14.0. The quantitative estimate of drug-likeness (QED) is 0.125. The molecule has 4 aromatic carbocycles. The van der Waals surface area contributed by atoms with Crippen LogP contribution in [0.25, 0.3) is 17.2 Å². The van der Waals surface area contributed by atoms with Gasteiger partial charge in [0.25, 0.3) is 16.0 Å². The predicted octanol–water partition coefficient (Wildman–Crippen LogP) is 9.41. The van der Waals surface area contributed by atoms with Crippen LogP contribution >= 0.6 is 23.2 Å². The van der Waals surface area contributed by atoms with Crippen LogP contribution in [-0.4, -0.2) is 43.3 Å². The van der Waals surface area contributed by atoms with E-state index in [1.54, 1.807) is 42.5 Å². The zero-order chi connectivity index (χ0) is 37.6. The molecule has 2 amide bonds. The molecule has 7 nitrogen and oxygen atoms in total. The largest absolute Gasteiger partial charge is 0.393 e. The number of carbonyl (C=O) groups is 2. The molecule has 0 aliphatic rings. The number of benzene rings is 4. The number of alkyl halides is 3. The van der Waals surface area contributed by atoms with Gasteiger partial charge in [-0.15, -0.1) is 0 Å². The second kappa shape index (κ2) is 16.5. The lowest BCUT2D eigenvalue weighted by Crippen LogP contribution is -2.28. The first-order valence-corrected chi connectivity index (χ1v) is 18.2. The van der Waals surface area contributed by atoms with Crippen LogP contribution in [0, 0.1) is 5.41 Å². The molecule has 4 aromatic rings. The van der Waals surface area contributed by atoms with E-state index in [-0.39, 0.29) is 40.2 Å². The molecule has 0 spiro atoms. The number of carbonyl (C=O) groups excluding carboxylic acids is 2. The van der Waals surface area contributed by atoms with Gasteiger partial charge in [0.1, 0.15) is 0 Å². The number of amides is 2. The maximum Gasteiger partial charge on any atom is 0.393 e. The van der Waals surface area contributed by atoms with E-state index < -0.39 is 46.2 Å². The van der Waals surface area contributed by atoms with Crippen molar-refractivity contribution < 1.29 is 35.7 Å². The lowest BCUT2D eigenvalue weighted by Gasteiger charge is -2.21. The Kier molecular flexibility index (Phi) is 12.8. The van der Waals surface area contributed by atoms with E-state index in [0.29, 0.717) is 27.3 Å². The second-order valence-electron chi connectivity index (χ2n) is 13.1. The van der Waals surface area contributed by atoms with E-state index in [4.69, 9.17) is 27.8 Å². The summed E-state index contributed by atoms with van der Waals surface area (Å²) in [5.41, 5.74) is 3.11. The van der Waals surface area contributed by atoms with Gasteiger partial charge in [-0.1, -0.05) is 105 Å². The molecule has 0 saturated carbocycles. The number of halogens is 5. The average molecular weight is 762 g/mol. The molecule has 1 unspecified atom stereocenters. The lowest BCUT2D eigenvalue weighted by atomic mass is 9.89. The van der Waals surface area contributed by atoms with Crippen LogP contribution in [-0.2, 0) is 27.8 Å². The molecule has 0 fully saturated rings. The average Bonchev–Trinajstić information content (AvgIpc) is 3.02. The summed E-state index contributed by atoms with van der Waals surface area (Å²) < 4.78 is 72.2. The molecule has 0 radical (unpaired) electrons. The summed E-state index contributed by atoms with van der Waals surface area (Å²) in [4.78, 5) is 26.5. The molecule has 4 rings (SSSR count). The topological polar surface area (TPSA) is 113 Å². The van der Waals surface area contributed by atoms with Crippen molar-refractivity contribution >= 4 is 56.9 Å². The van der Waals surface area contributed by atoms with Crippen LogP contribution in [0.1, 0.15) is 59.3 Å². The van der Waals surface area contributed by atoms with Gasteiger partial charge in [0.2, 0.25) is 5.91 Å². The summed E-state index contributed by atoms with van der Waals surface area (Å²) >= 11 is 12.4. The Balaban J connectivity index is 1.65. The summed E-state index contributed by atoms with van der Waals surface area (Å²) in [6, 6.07) is 22.6. The Morgan fingerprint density at radius 3 is 2.16 bits per heavy atom. The van der Waals surface area contributed by atoms with E-state index in [0.717, 1.165) is 5.56 Å². The van der Waals surface area contributed by atoms with Gasteiger partial charge in [0.15, 0.2) is 0 Å². The minimum Gasteiger partial charge on any atom is -0.351 e. The Bertz CT molecular complexity index is 2010. The molecular weight excluding hydrogens is 724 g/mol. The molecule has 0 bridgehead atoms. The Hall–Kier alpha value is -4.16. The number of rotatable bonds is 12. The molecule has 0 aliphatic heterocycles. The highest BCUT2D eigenvalue weighted by atomic mass is 35.5. The fourth-order valence-corrected chi connectivity index (χ4v) is 6.04. The summed E-state index contributed by atoms with van der Waals surface area (Å²) in [6.07, 6.45) is -1.71. The minimum absolute atomic E-state index is 0.00203. The van der Waals surface area contributed by atoms with Crippen LogP contribution < -0.4 is 10.6 Å². The molecule has 13 heteroatoms. The molecule has 0 aliphatic carbocycles. The molecule has 0 saturated heterocycles. The summed E-state index contributed by atoms with van der Waals surface area (Å²) in [5.74, 6) is -2.58. The third kappa shape index (κ3) is 12.5.